The third-order valence-corrected chi connectivity index (χ3v) is 13.6. The highest BCUT2D eigenvalue weighted by Gasteiger charge is 2.37. The lowest BCUT2D eigenvalue weighted by Crippen LogP contribution is -2.16. The van der Waals surface area contributed by atoms with Gasteiger partial charge < -0.3 is 9.32 Å². The van der Waals surface area contributed by atoms with Gasteiger partial charge in [0.25, 0.3) is 0 Å². The van der Waals surface area contributed by atoms with Gasteiger partial charge in [-0.25, -0.2) is 0 Å². The number of furan rings is 1. The van der Waals surface area contributed by atoms with Crippen molar-refractivity contribution in [3.05, 3.63) is 199 Å². The van der Waals surface area contributed by atoms with Crippen molar-refractivity contribution in [1.82, 2.24) is 0 Å². The molecule has 0 N–H and O–H groups in total. The number of thiophene rings is 1. The SMILES string of the molecule is CC1(C)c2cc(-c3c(-c4ccccc4)cccc3N(c3ccc4c(c3)sc3ccccc34)c3cccc4c3oc3ccccc34)ccc2-c2ccc3ccccc3c21. The van der Waals surface area contributed by atoms with Gasteiger partial charge in [0.15, 0.2) is 5.58 Å². The van der Waals surface area contributed by atoms with Crippen molar-refractivity contribution in [1.29, 1.82) is 0 Å². The predicted octanol–water partition coefficient (Wildman–Crippen LogP) is 16.2. The highest BCUT2D eigenvalue weighted by molar-refractivity contribution is 7.25. The van der Waals surface area contributed by atoms with E-state index in [2.05, 4.69) is 207 Å². The number of hydrogen-bond donors (Lipinski definition) is 0. The molecule has 0 bridgehead atoms. The van der Waals surface area contributed by atoms with Crippen molar-refractivity contribution < 1.29 is 4.42 Å². The normalized spacial score (nSPS) is 13.1. The Morgan fingerprint density at radius 3 is 2.07 bits per heavy atom. The average Bonchev–Trinajstić information content (AvgIpc) is 3.91. The summed E-state index contributed by atoms with van der Waals surface area (Å²) in [4.78, 5) is 2.44. The summed E-state index contributed by atoms with van der Waals surface area (Å²) in [5.74, 6) is 0. The molecule has 12 rings (SSSR count). The van der Waals surface area contributed by atoms with E-state index < -0.39 is 0 Å². The second kappa shape index (κ2) is 12.5. The van der Waals surface area contributed by atoms with E-state index in [1.165, 1.54) is 75.5 Å². The molecule has 2 aromatic heterocycles. The van der Waals surface area contributed by atoms with E-state index in [4.69, 9.17) is 4.42 Å². The Morgan fingerprint density at radius 1 is 0.466 bits per heavy atom. The topological polar surface area (TPSA) is 16.4 Å². The smallest absolute Gasteiger partial charge is 0.159 e. The summed E-state index contributed by atoms with van der Waals surface area (Å²) in [7, 11) is 0. The molecule has 0 atom stereocenters. The van der Waals surface area contributed by atoms with E-state index in [0.29, 0.717) is 0 Å². The Morgan fingerprint density at radius 2 is 1.17 bits per heavy atom. The van der Waals surface area contributed by atoms with Gasteiger partial charge in [-0.05, 0) is 92.2 Å². The van der Waals surface area contributed by atoms with E-state index in [9.17, 15) is 0 Å². The fourth-order valence-electron chi connectivity index (χ4n) is 9.81. The summed E-state index contributed by atoms with van der Waals surface area (Å²) >= 11 is 1.85. The molecule has 1 aliphatic rings. The molecule has 0 radical (unpaired) electrons. The fourth-order valence-corrected chi connectivity index (χ4v) is 11.0. The lowest BCUT2D eigenvalue weighted by atomic mass is 9.79. The lowest BCUT2D eigenvalue weighted by molar-refractivity contribution is 0.666. The Bertz CT molecular complexity index is 3440. The van der Waals surface area contributed by atoms with Gasteiger partial charge in [0, 0.05) is 47.6 Å². The summed E-state index contributed by atoms with van der Waals surface area (Å²) in [6.07, 6.45) is 0. The van der Waals surface area contributed by atoms with Crippen molar-refractivity contribution in [2.24, 2.45) is 0 Å². The molecule has 1 aliphatic carbocycles. The molecule has 9 aromatic carbocycles. The molecule has 3 heteroatoms. The van der Waals surface area contributed by atoms with Crippen molar-refractivity contribution in [3.8, 4) is 33.4 Å². The van der Waals surface area contributed by atoms with Crippen LogP contribution in [0.5, 0.6) is 0 Å². The highest BCUT2D eigenvalue weighted by Crippen LogP contribution is 2.54. The van der Waals surface area contributed by atoms with Crippen LogP contribution < -0.4 is 4.90 Å². The minimum absolute atomic E-state index is 0.199. The van der Waals surface area contributed by atoms with Crippen LogP contribution in [0.4, 0.5) is 17.1 Å². The fraction of sp³-hybridized carbons (Fsp3) is 0.0545. The first-order chi connectivity index (χ1) is 28.5. The number of benzene rings is 9. The van der Waals surface area contributed by atoms with E-state index in [0.717, 1.165) is 39.0 Å². The number of hydrogen-bond acceptors (Lipinski definition) is 3. The summed E-state index contributed by atoms with van der Waals surface area (Å²) in [6.45, 7) is 4.79. The van der Waals surface area contributed by atoms with Crippen LogP contribution in [0.1, 0.15) is 25.0 Å². The molecule has 0 spiro atoms. The zero-order chi connectivity index (χ0) is 38.5. The van der Waals surface area contributed by atoms with Crippen LogP contribution in [0, 0.1) is 0 Å². The van der Waals surface area contributed by atoms with Crippen LogP contribution in [-0.2, 0) is 5.41 Å². The third-order valence-electron chi connectivity index (χ3n) is 12.4. The number of nitrogens with zero attached hydrogens (tertiary/aromatic N) is 1. The summed E-state index contributed by atoms with van der Waals surface area (Å²) in [6, 6.07) is 68.9. The average molecular weight is 760 g/mol. The molecule has 0 saturated heterocycles. The van der Waals surface area contributed by atoms with Gasteiger partial charge in [-0.1, -0.05) is 159 Å². The van der Waals surface area contributed by atoms with E-state index >= 15 is 0 Å². The second-order valence-corrected chi connectivity index (χ2v) is 17.1. The Hall–Kier alpha value is -6.94. The quantitative estimate of drug-likeness (QED) is 0.174. The first-order valence-electron chi connectivity index (χ1n) is 20.0. The van der Waals surface area contributed by atoms with Crippen LogP contribution >= 0.6 is 11.3 Å². The maximum absolute atomic E-state index is 6.82. The lowest BCUT2D eigenvalue weighted by Gasteiger charge is -2.30. The summed E-state index contributed by atoms with van der Waals surface area (Å²) in [5.41, 5.74) is 14.8. The molecule has 0 saturated carbocycles. The summed E-state index contributed by atoms with van der Waals surface area (Å²) in [5, 5.41) is 7.40. The first-order valence-corrected chi connectivity index (χ1v) is 20.8. The molecule has 2 nitrogen and oxygen atoms in total. The molecule has 0 unspecified atom stereocenters. The number of para-hydroxylation sites is 2. The predicted molar refractivity (Wildman–Crippen MR) is 247 cm³/mol. The molecule has 0 amide bonds. The van der Waals surface area contributed by atoms with Gasteiger partial charge in [-0.3, -0.25) is 0 Å². The van der Waals surface area contributed by atoms with Crippen molar-refractivity contribution in [2.45, 2.75) is 19.3 Å². The van der Waals surface area contributed by atoms with Gasteiger partial charge >= 0.3 is 0 Å². The minimum Gasteiger partial charge on any atom is -0.454 e. The number of fused-ring (bicyclic) bond motifs is 11. The van der Waals surface area contributed by atoms with Crippen molar-refractivity contribution in [3.63, 3.8) is 0 Å². The van der Waals surface area contributed by atoms with E-state index in [1.54, 1.807) is 0 Å². The van der Waals surface area contributed by atoms with Crippen molar-refractivity contribution >= 4 is 81.3 Å². The Balaban J connectivity index is 1.15. The minimum atomic E-state index is -0.199. The standard InChI is InChI=1S/C55H37NOS/c1-55(2)46-32-36(27-29-40(46)44-30-26-35-16-6-7-17-39(35)53(44)55)52-38(34-14-4-3-5-15-34)20-12-22-47(52)56(37-28-31-43-42-19-9-11-25-50(42)58-51(43)33-37)48-23-13-21-45-41-18-8-10-24-49(41)57-54(45)48/h3-33H,1-2H3. The van der Waals surface area contributed by atoms with Gasteiger partial charge in [0.05, 0.1) is 11.4 Å². The Labute approximate surface area is 340 Å². The molecule has 0 fully saturated rings. The van der Waals surface area contributed by atoms with Crippen LogP contribution in [0.15, 0.2) is 192 Å². The van der Waals surface area contributed by atoms with Crippen LogP contribution in [0.25, 0.3) is 86.3 Å². The third kappa shape index (κ3) is 4.84. The zero-order valence-electron chi connectivity index (χ0n) is 32.2. The molecule has 58 heavy (non-hydrogen) atoms. The first kappa shape index (κ1) is 33.2. The van der Waals surface area contributed by atoms with Crippen LogP contribution in [0.3, 0.4) is 0 Å². The van der Waals surface area contributed by atoms with Crippen LogP contribution in [-0.4, -0.2) is 0 Å². The second-order valence-electron chi connectivity index (χ2n) is 16.0. The zero-order valence-corrected chi connectivity index (χ0v) is 33.0. The molecule has 2 heterocycles. The van der Waals surface area contributed by atoms with Crippen molar-refractivity contribution in [2.75, 3.05) is 4.90 Å². The Kier molecular flexibility index (Phi) is 7.18. The van der Waals surface area contributed by atoms with Crippen LogP contribution in [0.2, 0.25) is 0 Å². The summed E-state index contributed by atoms with van der Waals surface area (Å²) < 4.78 is 9.37. The number of anilines is 3. The highest BCUT2D eigenvalue weighted by atomic mass is 32.1. The monoisotopic (exact) mass is 759 g/mol. The van der Waals surface area contributed by atoms with Gasteiger partial charge in [0.2, 0.25) is 0 Å². The maximum atomic E-state index is 6.82. The molecule has 274 valence electrons. The van der Waals surface area contributed by atoms with Gasteiger partial charge in [-0.2, -0.15) is 0 Å². The van der Waals surface area contributed by atoms with Gasteiger partial charge in [-0.15, -0.1) is 11.3 Å². The molecule has 11 aromatic rings. The molecular formula is C55H37NOS. The molecular weight excluding hydrogens is 723 g/mol. The van der Waals surface area contributed by atoms with E-state index in [1.807, 2.05) is 11.3 Å². The van der Waals surface area contributed by atoms with Gasteiger partial charge in [0.1, 0.15) is 5.58 Å². The maximum Gasteiger partial charge on any atom is 0.159 e. The molecule has 0 aliphatic heterocycles. The van der Waals surface area contributed by atoms with E-state index in [-0.39, 0.29) is 5.41 Å². The number of rotatable bonds is 5. The largest absolute Gasteiger partial charge is 0.454 e.